The highest BCUT2D eigenvalue weighted by Gasteiger charge is 2.47. The van der Waals surface area contributed by atoms with Gasteiger partial charge in [0.1, 0.15) is 23.6 Å². The fourth-order valence-corrected chi connectivity index (χ4v) is 6.78. The Balaban J connectivity index is 1.41. The van der Waals surface area contributed by atoms with Gasteiger partial charge in [0.2, 0.25) is 0 Å². The highest BCUT2D eigenvalue weighted by atomic mass is 19.3. The summed E-state index contributed by atoms with van der Waals surface area (Å²) >= 11 is 0. The summed E-state index contributed by atoms with van der Waals surface area (Å²) in [5, 5.41) is 13.7. The van der Waals surface area contributed by atoms with Crippen molar-refractivity contribution in [1.29, 1.82) is 5.26 Å². The van der Waals surface area contributed by atoms with Gasteiger partial charge in [0.05, 0.1) is 28.5 Å². The first-order valence-electron chi connectivity index (χ1n) is 15.0. The van der Waals surface area contributed by atoms with Crippen molar-refractivity contribution < 1.29 is 13.2 Å². The highest BCUT2D eigenvalue weighted by Crippen LogP contribution is 2.47. The van der Waals surface area contributed by atoms with Crippen LogP contribution in [-0.4, -0.2) is 14.5 Å². The molecule has 2 saturated carbocycles. The summed E-state index contributed by atoms with van der Waals surface area (Å²) in [6, 6.07) is 7.51. The van der Waals surface area contributed by atoms with Gasteiger partial charge in [0.15, 0.2) is 0 Å². The molecule has 1 aromatic carbocycles. The number of anilines is 1. The number of hydrogen-bond donors (Lipinski definition) is 1. The van der Waals surface area contributed by atoms with Crippen LogP contribution in [0.2, 0.25) is 0 Å². The van der Waals surface area contributed by atoms with E-state index in [4.69, 9.17) is 0 Å². The van der Waals surface area contributed by atoms with Crippen LogP contribution in [0.15, 0.2) is 35.4 Å². The summed E-state index contributed by atoms with van der Waals surface area (Å²) in [4.78, 5) is 22.5. The predicted octanol–water partition coefficient (Wildman–Crippen LogP) is 7.52. The van der Waals surface area contributed by atoms with Crippen LogP contribution < -0.4 is 10.9 Å². The highest BCUT2D eigenvalue weighted by molar-refractivity contribution is 5.87. The number of aromatic nitrogens is 3. The van der Waals surface area contributed by atoms with Crippen molar-refractivity contribution in [3.8, 4) is 6.07 Å². The van der Waals surface area contributed by atoms with Crippen LogP contribution >= 0.6 is 0 Å². The zero-order chi connectivity index (χ0) is 28.8. The summed E-state index contributed by atoms with van der Waals surface area (Å²) in [7, 11) is 0. The van der Waals surface area contributed by atoms with Crippen molar-refractivity contribution in [3.63, 3.8) is 0 Å². The van der Waals surface area contributed by atoms with Crippen LogP contribution in [0.1, 0.15) is 100 Å². The van der Waals surface area contributed by atoms with Crippen LogP contribution in [-0.2, 0) is 17.9 Å². The number of rotatable bonds is 1. The summed E-state index contributed by atoms with van der Waals surface area (Å²) in [6.07, 6.45) is 9.54. The fraction of sp³-hybridized carbons (Fsp3) is 0.562. The van der Waals surface area contributed by atoms with Gasteiger partial charge in [-0.05, 0) is 63.4 Å². The first-order chi connectivity index (χ1) is 19.7. The van der Waals surface area contributed by atoms with Gasteiger partial charge in [-0.15, -0.1) is 0 Å². The molecule has 4 aliphatic rings. The van der Waals surface area contributed by atoms with Gasteiger partial charge in [-0.1, -0.05) is 43.9 Å². The molecule has 0 spiro atoms. The number of fused-ring (bicyclic) bond motifs is 8. The Morgan fingerprint density at radius 1 is 1.02 bits per heavy atom. The van der Waals surface area contributed by atoms with E-state index in [9.17, 15) is 10.1 Å². The molecule has 6 nitrogen and oxygen atoms in total. The minimum absolute atomic E-state index is 0.118. The summed E-state index contributed by atoms with van der Waals surface area (Å²) in [6.45, 7) is 2.18. The maximum Gasteiger partial charge on any atom is 0.276 e. The Labute approximate surface area is 238 Å². The lowest BCUT2D eigenvalue weighted by Crippen LogP contribution is -2.29. The maximum atomic E-state index is 15.7. The molecule has 0 radical (unpaired) electrons. The molecule has 1 N–H and O–H groups in total. The van der Waals surface area contributed by atoms with E-state index >= 15 is 13.2 Å². The van der Waals surface area contributed by atoms with Crippen LogP contribution in [0.4, 0.5) is 19.0 Å². The molecule has 2 aliphatic heterocycles. The van der Waals surface area contributed by atoms with E-state index in [1.165, 1.54) is 24.5 Å². The molecule has 2 fully saturated rings. The van der Waals surface area contributed by atoms with Gasteiger partial charge in [0, 0.05) is 24.1 Å². The number of alkyl halides is 2. The minimum atomic E-state index is -3.26. The topological polar surface area (TPSA) is 83.6 Å². The third-order valence-electron chi connectivity index (χ3n) is 9.55. The SMILES string of the molecule is C[C@H]1Nc2ncnc3c2cc(C2(C#N)CC2)c(=O)n3CCCCCCC2CC(CCC(F)(F)c3cccc1c3F)C2. The van der Waals surface area contributed by atoms with Crippen molar-refractivity contribution in [2.45, 2.75) is 101 Å². The lowest BCUT2D eigenvalue weighted by Gasteiger charge is -2.36. The Bertz CT molecular complexity index is 1550. The van der Waals surface area contributed by atoms with Crippen molar-refractivity contribution in [2.75, 3.05) is 5.32 Å². The summed E-state index contributed by atoms with van der Waals surface area (Å²) < 4.78 is 47.9. The average molecular weight is 564 g/mol. The molecule has 0 unspecified atom stereocenters. The van der Waals surface area contributed by atoms with Gasteiger partial charge in [0.25, 0.3) is 11.5 Å². The second-order valence-corrected chi connectivity index (χ2v) is 12.4. The zero-order valence-electron chi connectivity index (χ0n) is 23.4. The smallest absolute Gasteiger partial charge is 0.276 e. The molecule has 0 saturated heterocycles. The number of nitriles is 1. The van der Waals surface area contributed by atoms with Crippen LogP contribution in [0.25, 0.3) is 11.0 Å². The molecule has 216 valence electrons. The minimum Gasteiger partial charge on any atom is -0.363 e. The van der Waals surface area contributed by atoms with Gasteiger partial charge in [-0.3, -0.25) is 9.36 Å². The quantitative estimate of drug-likeness (QED) is 0.331. The van der Waals surface area contributed by atoms with E-state index in [1.807, 2.05) is 0 Å². The van der Waals surface area contributed by atoms with E-state index < -0.39 is 28.8 Å². The van der Waals surface area contributed by atoms with E-state index in [2.05, 4.69) is 21.4 Å². The normalized spacial score (nSPS) is 25.8. The molecule has 3 aromatic rings. The number of nitrogens with zero attached hydrogens (tertiary/aromatic N) is 4. The van der Waals surface area contributed by atoms with Crippen LogP contribution in [0.5, 0.6) is 0 Å². The molecular weight excluding hydrogens is 527 g/mol. The summed E-state index contributed by atoms with van der Waals surface area (Å²) in [5.41, 5.74) is -0.584. The molecule has 41 heavy (non-hydrogen) atoms. The maximum absolute atomic E-state index is 15.7. The first-order valence-corrected chi connectivity index (χ1v) is 15.0. The van der Waals surface area contributed by atoms with E-state index in [0.29, 0.717) is 54.1 Å². The largest absolute Gasteiger partial charge is 0.363 e. The van der Waals surface area contributed by atoms with E-state index in [1.54, 1.807) is 17.6 Å². The third kappa shape index (κ3) is 5.22. The summed E-state index contributed by atoms with van der Waals surface area (Å²) in [5.74, 6) is -2.94. The molecule has 0 amide bonds. The lowest BCUT2D eigenvalue weighted by atomic mass is 9.70. The first kappa shape index (κ1) is 27.7. The predicted molar refractivity (Wildman–Crippen MR) is 151 cm³/mol. The van der Waals surface area contributed by atoms with Crippen molar-refractivity contribution >= 4 is 16.9 Å². The molecule has 2 aromatic heterocycles. The van der Waals surface area contributed by atoms with Crippen molar-refractivity contribution in [2.24, 2.45) is 11.8 Å². The standard InChI is InChI=1S/C32H36F3N5O/c1-20-23-8-6-9-25(27(23)33)32(34,35)11-10-22-15-21(16-22)7-4-2-3-5-14-40-29-24(28(39-20)37-19-38-29)17-26(30(40)41)31(18-36)12-13-31/h6,8-9,17,19-22H,2-5,7,10-16H2,1H3,(H,37,38,39)/t20-,21?,22?/m1/s1. The zero-order valence-corrected chi connectivity index (χ0v) is 23.4. The number of benzene rings is 1. The number of hydrogen-bond acceptors (Lipinski definition) is 5. The Morgan fingerprint density at radius 3 is 2.54 bits per heavy atom. The van der Waals surface area contributed by atoms with Crippen LogP contribution in [0.3, 0.4) is 0 Å². The van der Waals surface area contributed by atoms with Crippen LogP contribution in [0, 0.1) is 29.0 Å². The molecular formula is C32H36F3N5O. The number of pyridine rings is 1. The fourth-order valence-electron chi connectivity index (χ4n) is 6.78. The molecule has 4 heterocycles. The Kier molecular flexibility index (Phi) is 7.29. The molecule has 8 bridgehead atoms. The average Bonchev–Trinajstić information content (AvgIpc) is 3.72. The number of nitrogens with one attached hydrogen (secondary N) is 1. The number of aryl methyl sites for hydroxylation is 1. The third-order valence-corrected chi connectivity index (χ3v) is 9.55. The van der Waals surface area contributed by atoms with Crippen molar-refractivity contribution in [1.82, 2.24) is 14.5 Å². The lowest BCUT2D eigenvalue weighted by molar-refractivity contribution is -0.0288. The Morgan fingerprint density at radius 2 is 1.78 bits per heavy atom. The number of halogens is 3. The second kappa shape index (κ2) is 10.8. The van der Waals surface area contributed by atoms with E-state index in [-0.39, 0.29) is 23.5 Å². The molecule has 2 aliphatic carbocycles. The molecule has 9 heteroatoms. The van der Waals surface area contributed by atoms with Gasteiger partial charge >= 0.3 is 0 Å². The van der Waals surface area contributed by atoms with E-state index in [0.717, 1.165) is 44.9 Å². The van der Waals surface area contributed by atoms with Gasteiger partial charge < -0.3 is 5.32 Å². The molecule has 1 atom stereocenters. The van der Waals surface area contributed by atoms with Gasteiger partial charge in [-0.2, -0.15) is 5.26 Å². The second-order valence-electron chi connectivity index (χ2n) is 12.4. The van der Waals surface area contributed by atoms with Crippen molar-refractivity contribution in [3.05, 3.63) is 63.5 Å². The van der Waals surface area contributed by atoms with Gasteiger partial charge in [-0.25, -0.2) is 23.1 Å². The monoisotopic (exact) mass is 563 g/mol. The molecule has 7 rings (SSSR count). The Hall–Kier alpha value is -3.41.